The van der Waals surface area contributed by atoms with E-state index in [1.54, 1.807) is 7.05 Å². The molecule has 1 saturated carbocycles. The van der Waals surface area contributed by atoms with Gasteiger partial charge in [-0.05, 0) is 40.8 Å². The van der Waals surface area contributed by atoms with E-state index in [0.29, 0.717) is 25.5 Å². The number of rotatable bonds is 4. The van der Waals surface area contributed by atoms with Crippen LogP contribution in [0.1, 0.15) is 25.7 Å². The van der Waals surface area contributed by atoms with Gasteiger partial charge >= 0.3 is 0 Å². The molecule has 1 aromatic rings. The zero-order chi connectivity index (χ0) is 13.3. The highest BCUT2D eigenvalue weighted by molar-refractivity contribution is 9.11. The molecule has 0 radical (unpaired) electrons. The maximum absolute atomic E-state index is 12.3. The van der Waals surface area contributed by atoms with Crippen LogP contribution in [-0.4, -0.2) is 26.3 Å². The van der Waals surface area contributed by atoms with Gasteiger partial charge in [0.05, 0.1) is 8.81 Å². The van der Waals surface area contributed by atoms with Crippen molar-refractivity contribution >= 4 is 48.9 Å². The average molecular weight is 373 g/mol. The largest absolute Gasteiger partial charge is 0.252 e. The van der Waals surface area contributed by atoms with Gasteiger partial charge in [0, 0.05) is 13.6 Å². The first-order valence-corrected chi connectivity index (χ1v) is 9.25. The minimum Gasteiger partial charge on any atom is -0.206 e. The molecule has 18 heavy (non-hydrogen) atoms. The molecule has 1 aliphatic carbocycles. The summed E-state index contributed by atoms with van der Waals surface area (Å²) < 4.78 is 27.1. The Morgan fingerprint density at radius 3 is 2.61 bits per heavy atom. The summed E-state index contributed by atoms with van der Waals surface area (Å²) in [5, 5.41) is 0.452. The molecule has 0 N–H and O–H groups in total. The van der Waals surface area contributed by atoms with E-state index < -0.39 is 10.0 Å². The molecule has 0 bridgehead atoms. The van der Waals surface area contributed by atoms with Crippen LogP contribution >= 0.6 is 38.9 Å². The Hall–Kier alpha value is 0.380. The molecule has 2 rings (SSSR count). The van der Waals surface area contributed by atoms with Gasteiger partial charge in [0.15, 0.2) is 0 Å². The highest BCUT2D eigenvalue weighted by Gasteiger charge is 2.27. The fourth-order valence-electron chi connectivity index (χ4n) is 2.26. The third-order valence-corrected chi connectivity index (χ3v) is 8.02. The molecule has 0 amide bonds. The van der Waals surface area contributed by atoms with E-state index in [9.17, 15) is 8.42 Å². The van der Waals surface area contributed by atoms with Crippen molar-refractivity contribution in [1.82, 2.24) is 4.31 Å². The number of halogens is 2. The van der Waals surface area contributed by atoms with Crippen LogP contribution in [0.3, 0.4) is 0 Å². The van der Waals surface area contributed by atoms with Gasteiger partial charge in [0.1, 0.15) is 4.21 Å². The van der Waals surface area contributed by atoms with Crippen molar-refractivity contribution in [3.8, 4) is 0 Å². The second-order valence-electron chi connectivity index (χ2n) is 4.62. The van der Waals surface area contributed by atoms with Gasteiger partial charge in [0.2, 0.25) is 0 Å². The molecule has 0 aliphatic heterocycles. The quantitative estimate of drug-likeness (QED) is 0.802. The van der Waals surface area contributed by atoms with Crippen LogP contribution in [0, 0.1) is 5.92 Å². The number of nitrogens with zero attached hydrogens (tertiary/aromatic N) is 1. The molecule has 0 unspecified atom stereocenters. The van der Waals surface area contributed by atoms with Gasteiger partial charge in [-0.25, -0.2) is 8.42 Å². The van der Waals surface area contributed by atoms with Crippen LogP contribution in [0.4, 0.5) is 0 Å². The summed E-state index contributed by atoms with van der Waals surface area (Å²) in [6.07, 6.45) is 4.70. The Labute approximate surface area is 125 Å². The molecular formula is C11H15BrClNO2S2. The summed E-state index contributed by atoms with van der Waals surface area (Å²) in [4.78, 5) is 0. The van der Waals surface area contributed by atoms with Crippen molar-refractivity contribution < 1.29 is 8.42 Å². The lowest BCUT2D eigenvalue weighted by atomic mass is 10.1. The topological polar surface area (TPSA) is 37.4 Å². The lowest BCUT2D eigenvalue weighted by molar-refractivity contribution is 0.388. The van der Waals surface area contributed by atoms with Crippen LogP contribution < -0.4 is 0 Å². The fraction of sp³-hybridized carbons (Fsp3) is 0.636. The highest BCUT2D eigenvalue weighted by Crippen LogP contribution is 2.36. The summed E-state index contributed by atoms with van der Waals surface area (Å²) in [6.45, 7) is 0.607. The Morgan fingerprint density at radius 1 is 1.50 bits per heavy atom. The molecule has 1 aromatic heterocycles. The Morgan fingerprint density at radius 2 is 2.11 bits per heavy atom. The standard InChI is InChI=1S/C11H15BrClNO2S2/c1-14(7-8-4-2-3-5-8)18(15,16)10-6-9(13)11(12)17-10/h6,8H,2-5,7H2,1H3. The van der Waals surface area contributed by atoms with Crippen LogP contribution in [0.15, 0.2) is 14.1 Å². The number of hydrogen-bond acceptors (Lipinski definition) is 3. The van der Waals surface area contributed by atoms with E-state index in [2.05, 4.69) is 15.9 Å². The van der Waals surface area contributed by atoms with Gasteiger partial charge in [-0.1, -0.05) is 24.4 Å². The van der Waals surface area contributed by atoms with Crippen molar-refractivity contribution in [2.45, 2.75) is 29.9 Å². The smallest absolute Gasteiger partial charge is 0.206 e. The van der Waals surface area contributed by atoms with Gasteiger partial charge in [-0.2, -0.15) is 4.31 Å². The minimum absolute atomic E-state index is 0.305. The molecule has 0 atom stereocenters. The molecule has 7 heteroatoms. The summed E-state index contributed by atoms with van der Waals surface area (Å²) in [5.74, 6) is 0.503. The van der Waals surface area contributed by atoms with Crippen LogP contribution in [0.2, 0.25) is 5.02 Å². The summed E-state index contributed by atoms with van der Waals surface area (Å²) >= 11 is 10.3. The lowest BCUT2D eigenvalue weighted by Gasteiger charge is -2.19. The zero-order valence-electron chi connectivity index (χ0n) is 10.0. The zero-order valence-corrected chi connectivity index (χ0v) is 14.0. The van der Waals surface area contributed by atoms with E-state index in [4.69, 9.17) is 11.6 Å². The van der Waals surface area contributed by atoms with Crippen LogP contribution in [-0.2, 0) is 10.0 Å². The molecule has 1 aliphatic rings. The monoisotopic (exact) mass is 371 g/mol. The molecular weight excluding hydrogens is 358 g/mol. The second kappa shape index (κ2) is 5.79. The average Bonchev–Trinajstić information content (AvgIpc) is 2.90. The van der Waals surface area contributed by atoms with Crippen molar-refractivity contribution in [2.24, 2.45) is 5.92 Å². The van der Waals surface area contributed by atoms with E-state index >= 15 is 0 Å². The second-order valence-corrected chi connectivity index (χ2v) is 9.67. The fourth-order valence-corrected chi connectivity index (χ4v) is 6.12. The first-order valence-electron chi connectivity index (χ1n) is 5.82. The van der Waals surface area contributed by atoms with Crippen molar-refractivity contribution in [3.05, 3.63) is 14.9 Å². The predicted octanol–water partition coefficient (Wildman–Crippen LogP) is 3.97. The Balaban J connectivity index is 2.14. The van der Waals surface area contributed by atoms with E-state index in [1.807, 2.05) is 0 Å². The minimum atomic E-state index is -3.39. The molecule has 3 nitrogen and oxygen atoms in total. The Kier molecular flexibility index (Phi) is 4.75. The van der Waals surface area contributed by atoms with E-state index in [0.717, 1.165) is 24.2 Å². The van der Waals surface area contributed by atoms with Crippen LogP contribution in [0.25, 0.3) is 0 Å². The Bertz CT molecular complexity index is 504. The van der Waals surface area contributed by atoms with Gasteiger partial charge < -0.3 is 0 Å². The van der Waals surface area contributed by atoms with E-state index in [1.165, 1.54) is 23.2 Å². The lowest BCUT2D eigenvalue weighted by Crippen LogP contribution is -2.30. The normalized spacial score (nSPS) is 17.8. The van der Waals surface area contributed by atoms with Gasteiger partial charge in [0.25, 0.3) is 10.0 Å². The molecule has 0 aromatic carbocycles. The highest BCUT2D eigenvalue weighted by atomic mass is 79.9. The summed E-state index contributed by atoms with van der Waals surface area (Å²) in [7, 11) is -1.74. The molecule has 1 fully saturated rings. The molecule has 102 valence electrons. The van der Waals surface area contributed by atoms with Crippen molar-refractivity contribution in [2.75, 3.05) is 13.6 Å². The molecule has 0 saturated heterocycles. The number of thiophene rings is 1. The maximum Gasteiger partial charge on any atom is 0.252 e. The first-order chi connectivity index (χ1) is 8.41. The SMILES string of the molecule is CN(CC1CCCC1)S(=O)(=O)c1cc(Cl)c(Br)s1. The molecule has 1 heterocycles. The third-order valence-electron chi connectivity index (χ3n) is 3.28. The van der Waals surface area contributed by atoms with Gasteiger partial charge in [-0.3, -0.25) is 0 Å². The van der Waals surface area contributed by atoms with E-state index in [-0.39, 0.29) is 0 Å². The summed E-state index contributed by atoms with van der Waals surface area (Å²) in [5.41, 5.74) is 0. The summed E-state index contributed by atoms with van der Waals surface area (Å²) in [6, 6.07) is 1.51. The predicted molar refractivity (Wildman–Crippen MR) is 78.8 cm³/mol. The van der Waals surface area contributed by atoms with Crippen LogP contribution in [0.5, 0.6) is 0 Å². The number of hydrogen-bond donors (Lipinski definition) is 0. The van der Waals surface area contributed by atoms with Crippen molar-refractivity contribution in [1.29, 1.82) is 0 Å². The molecule has 0 spiro atoms. The van der Waals surface area contributed by atoms with Crippen molar-refractivity contribution in [3.63, 3.8) is 0 Å². The third kappa shape index (κ3) is 3.10. The maximum atomic E-state index is 12.3. The number of sulfonamides is 1. The first kappa shape index (κ1) is 14.8. The van der Waals surface area contributed by atoms with Gasteiger partial charge in [-0.15, -0.1) is 11.3 Å².